The van der Waals surface area contributed by atoms with Crippen molar-refractivity contribution in [1.29, 1.82) is 0 Å². The van der Waals surface area contributed by atoms with Gasteiger partial charge in [-0.15, -0.1) is 0 Å². The Bertz CT molecular complexity index is 895. The number of carbonyl (C=O) groups excluding carboxylic acids is 1. The van der Waals surface area contributed by atoms with Crippen LogP contribution in [0.1, 0.15) is 28.4 Å². The third kappa shape index (κ3) is 5.54. The van der Waals surface area contributed by atoms with Gasteiger partial charge in [0, 0.05) is 13.1 Å². The fourth-order valence-corrected chi connectivity index (χ4v) is 3.40. The fourth-order valence-electron chi connectivity index (χ4n) is 2.37. The zero-order valence-corrected chi connectivity index (χ0v) is 15.3. The molecule has 0 aliphatic carbocycles. The van der Waals surface area contributed by atoms with Crippen LogP contribution in [0.25, 0.3) is 0 Å². The minimum atomic E-state index is -4.65. The number of carbonyl (C=O) groups is 1. The van der Waals surface area contributed by atoms with E-state index >= 15 is 0 Å². The summed E-state index contributed by atoms with van der Waals surface area (Å²) in [6.07, 6.45) is -3.88. The summed E-state index contributed by atoms with van der Waals surface area (Å²) in [5, 5.41) is 2.29. The molecule has 146 valence electrons. The fraction of sp³-hybridized carbons (Fsp3) is 0.278. The first-order valence-electron chi connectivity index (χ1n) is 8.18. The van der Waals surface area contributed by atoms with Gasteiger partial charge < -0.3 is 5.32 Å². The third-order valence-corrected chi connectivity index (χ3v) is 5.30. The van der Waals surface area contributed by atoms with Gasteiger partial charge >= 0.3 is 6.18 Å². The average molecular weight is 400 g/mol. The number of hydrogen-bond donors (Lipinski definition) is 2. The van der Waals surface area contributed by atoms with Gasteiger partial charge in [-0.25, -0.2) is 13.1 Å². The summed E-state index contributed by atoms with van der Waals surface area (Å²) in [6.45, 7) is 1.64. The smallest absolute Gasteiger partial charge is 0.351 e. The van der Waals surface area contributed by atoms with Crippen LogP contribution in [0.5, 0.6) is 0 Å². The highest BCUT2D eigenvalue weighted by atomic mass is 32.2. The van der Waals surface area contributed by atoms with Crippen LogP contribution >= 0.6 is 0 Å². The number of halogens is 3. The highest BCUT2D eigenvalue weighted by Crippen LogP contribution is 2.31. The Kier molecular flexibility index (Phi) is 6.61. The Morgan fingerprint density at radius 2 is 1.63 bits per heavy atom. The molecule has 0 saturated carbocycles. The van der Waals surface area contributed by atoms with Gasteiger partial charge in [-0.1, -0.05) is 31.2 Å². The number of alkyl halides is 3. The predicted molar refractivity (Wildman–Crippen MR) is 94.8 cm³/mol. The number of sulfonamides is 1. The van der Waals surface area contributed by atoms with E-state index in [0.29, 0.717) is 0 Å². The highest BCUT2D eigenvalue weighted by molar-refractivity contribution is 7.89. The summed E-state index contributed by atoms with van der Waals surface area (Å²) in [7, 11) is -3.76. The van der Waals surface area contributed by atoms with Crippen LogP contribution in [0.3, 0.4) is 0 Å². The van der Waals surface area contributed by atoms with Crippen molar-refractivity contribution in [3.05, 3.63) is 65.2 Å². The molecular weight excluding hydrogens is 381 g/mol. The topological polar surface area (TPSA) is 75.3 Å². The molecule has 27 heavy (non-hydrogen) atoms. The molecule has 0 saturated heterocycles. The zero-order valence-electron chi connectivity index (χ0n) is 14.5. The lowest BCUT2D eigenvalue weighted by Crippen LogP contribution is -2.35. The average Bonchev–Trinajstić information content (AvgIpc) is 2.64. The summed E-state index contributed by atoms with van der Waals surface area (Å²) in [6, 6.07) is 10.7. The molecule has 0 unspecified atom stereocenters. The summed E-state index contributed by atoms with van der Waals surface area (Å²) >= 11 is 0. The molecule has 0 heterocycles. The molecule has 2 rings (SSSR count). The van der Waals surface area contributed by atoms with Crippen LogP contribution in [0, 0.1) is 0 Å². The molecule has 1 amide bonds. The van der Waals surface area contributed by atoms with Crippen molar-refractivity contribution < 1.29 is 26.4 Å². The van der Waals surface area contributed by atoms with Crippen LogP contribution in [-0.4, -0.2) is 27.4 Å². The Balaban J connectivity index is 1.94. The Labute approximate surface area is 155 Å². The molecule has 0 bridgehead atoms. The molecule has 0 fully saturated rings. The van der Waals surface area contributed by atoms with Gasteiger partial charge in [0.1, 0.15) is 0 Å². The number of benzene rings is 2. The lowest BCUT2D eigenvalue weighted by molar-refractivity contribution is -0.137. The van der Waals surface area contributed by atoms with Crippen LogP contribution in [0.15, 0.2) is 53.4 Å². The third-order valence-electron chi connectivity index (χ3n) is 3.82. The lowest BCUT2D eigenvalue weighted by Gasteiger charge is -2.13. The van der Waals surface area contributed by atoms with Crippen molar-refractivity contribution in [1.82, 2.24) is 10.0 Å². The van der Waals surface area contributed by atoms with Crippen molar-refractivity contribution in [3.63, 3.8) is 0 Å². The standard InChI is InChI=1S/C18H19F3N2O3S/c1-2-13-7-9-14(10-8-13)27(25,26)23-12-11-22-17(24)15-5-3-4-6-16(15)18(19,20)21/h3-10,23H,2,11-12H2,1H3,(H,22,24). The second-order valence-electron chi connectivity index (χ2n) is 5.69. The molecule has 0 radical (unpaired) electrons. The minimum absolute atomic E-state index is 0.0773. The molecule has 0 spiro atoms. The van der Waals surface area contributed by atoms with Crippen molar-refractivity contribution in [2.75, 3.05) is 13.1 Å². The summed E-state index contributed by atoms with van der Waals surface area (Å²) in [4.78, 5) is 12.1. The zero-order chi connectivity index (χ0) is 20.1. The maximum absolute atomic E-state index is 12.9. The maximum atomic E-state index is 12.9. The minimum Gasteiger partial charge on any atom is -0.351 e. The van der Waals surface area contributed by atoms with Crippen molar-refractivity contribution in [3.8, 4) is 0 Å². The van der Waals surface area contributed by atoms with E-state index in [0.717, 1.165) is 24.1 Å². The van der Waals surface area contributed by atoms with Crippen LogP contribution < -0.4 is 10.0 Å². The lowest BCUT2D eigenvalue weighted by atomic mass is 10.1. The van der Waals surface area contributed by atoms with E-state index in [1.807, 2.05) is 6.92 Å². The van der Waals surface area contributed by atoms with Crippen molar-refractivity contribution >= 4 is 15.9 Å². The molecule has 2 aromatic carbocycles. The van der Waals surface area contributed by atoms with Crippen molar-refractivity contribution in [2.45, 2.75) is 24.4 Å². The van der Waals surface area contributed by atoms with E-state index in [1.54, 1.807) is 12.1 Å². The molecule has 2 N–H and O–H groups in total. The largest absolute Gasteiger partial charge is 0.417 e. The van der Waals surface area contributed by atoms with Crippen LogP contribution in [0.2, 0.25) is 0 Å². The van der Waals surface area contributed by atoms with E-state index in [4.69, 9.17) is 0 Å². The van der Waals surface area contributed by atoms with E-state index in [2.05, 4.69) is 10.0 Å². The molecule has 9 heteroatoms. The molecular formula is C18H19F3N2O3S. The summed E-state index contributed by atoms with van der Waals surface area (Å²) < 4.78 is 65.4. The molecule has 0 atom stereocenters. The number of aryl methyl sites for hydroxylation is 1. The number of nitrogens with one attached hydrogen (secondary N) is 2. The molecule has 0 aliphatic heterocycles. The maximum Gasteiger partial charge on any atom is 0.417 e. The Hall–Kier alpha value is -2.39. The van der Waals surface area contributed by atoms with Gasteiger partial charge in [-0.3, -0.25) is 4.79 Å². The van der Waals surface area contributed by atoms with E-state index in [9.17, 15) is 26.4 Å². The Morgan fingerprint density at radius 3 is 2.22 bits per heavy atom. The van der Waals surface area contributed by atoms with Crippen LogP contribution in [-0.2, 0) is 22.6 Å². The molecule has 0 aromatic heterocycles. The summed E-state index contributed by atoms with van der Waals surface area (Å²) in [5.41, 5.74) is -0.563. The van der Waals surface area contributed by atoms with E-state index in [-0.39, 0.29) is 18.0 Å². The quantitative estimate of drug-likeness (QED) is 0.702. The second-order valence-corrected chi connectivity index (χ2v) is 7.46. The summed E-state index contributed by atoms with van der Waals surface area (Å²) in [5.74, 6) is -0.922. The number of rotatable bonds is 7. The predicted octanol–water partition coefficient (Wildman–Crippen LogP) is 2.98. The van der Waals surface area contributed by atoms with Crippen LogP contribution in [0.4, 0.5) is 13.2 Å². The SMILES string of the molecule is CCc1ccc(S(=O)(=O)NCCNC(=O)c2ccccc2C(F)(F)F)cc1. The molecule has 5 nitrogen and oxygen atoms in total. The Morgan fingerprint density at radius 1 is 1.00 bits per heavy atom. The van der Waals surface area contributed by atoms with E-state index in [1.165, 1.54) is 24.3 Å². The first kappa shape index (κ1) is 20.9. The first-order valence-corrected chi connectivity index (χ1v) is 9.66. The highest BCUT2D eigenvalue weighted by Gasteiger charge is 2.34. The van der Waals surface area contributed by atoms with Gasteiger partial charge in [0.25, 0.3) is 5.91 Å². The van der Waals surface area contributed by atoms with Gasteiger partial charge in [0.2, 0.25) is 10.0 Å². The van der Waals surface area contributed by atoms with Gasteiger partial charge in [0.15, 0.2) is 0 Å². The van der Waals surface area contributed by atoms with Gasteiger partial charge in [-0.05, 0) is 36.2 Å². The van der Waals surface area contributed by atoms with Gasteiger partial charge in [0.05, 0.1) is 16.0 Å². The normalized spacial score (nSPS) is 12.0. The number of amides is 1. The molecule has 0 aliphatic rings. The second kappa shape index (κ2) is 8.53. The first-order chi connectivity index (χ1) is 12.6. The monoisotopic (exact) mass is 400 g/mol. The van der Waals surface area contributed by atoms with Gasteiger partial charge in [-0.2, -0.15) is 13.2 Å². The van der Waals surface area contributed by atoms with E-state index < -0.39 is 33.2 Å². The number of hydrogen-bond acceptors (Lipinski definition) is 3. The molecule has 2 aromatic rings. The van der Waals surface area contributed by atoms with Crippen molar-refractivity contribution in [2.24, 2.45) is 0 Å².